The maximum atomic E-state index is 15.5. The van der Waals surface area contributed by atoms with E-state index in [1.165, 1.54) is 30.5 Å². The van der Waals surface area contributed by atoms with Gasteiger partial charge in [0.2, 0.25) is 94.5 Å². The van der Waals surface area contributed by atoms with Gasteiger partial charge in [-0.2, -0.15) is 25.3 Å². The van der Waals surface area contributed by atoms with Crippen LogP contribution in [0.2, 0.25) is 0 Å². The van der Waals surface area contributed by atoms with Gasteiger partial charge in [-0.1, -0.05) is 78.9 Å². The number of aromatic amines is 2. The van der Waals surface area contributed by atoms with E-state index in [2.05, 4.69) is 120 Å². The van der Waals surface area contributed by atoms with E-state index in [1.807, 2.05) is 0 Å². The molecule has 0 saturated heterocycles. The summed E-state index contributed by atoms with van der Waals surface area (Å²) in [5, 5.41) is 78.2. The van der Waals surface area contributed by atoms with Crippen LogP contribution in [0.3, 0.4) is 0 Å². The number of H-pyrrole nitrogens is 2. The van der Waals surface area contributed by atoms with Gasteiger partial charge in [-0.25, -0.2) is 0 Å². The van der Waals surface area contributed by atoms with Crippen LogP contribution >= 0.6 is 25.3 Å². The number of guanidine groups is 2. The number of rotatable bonds is 63. The molecule has 0 bridgehead atoms. The average molecular weight is 1930 g/mol. The number of hydrogen-bond acceptors (Lipinski definition) is 25. The molecule has 34 N–H and O–H groups in total. The second-order valence-electron chi connectivity index (χ2n) is 32.0. The van der Waals surface area contributed by atoms with Crippen molar-refractivity contribution in [3.05, 3.63) is 138 Å². The summed E-state index contributed by atoms with van der Waals surface area (Å²) in [6, 6.07) is 8.88. The van der Waals surface area contributed by atoms with Gasteiger partial charge in [0.25, 0.3) is 0 Å². The summed E-state index contributed by atoms with van der Waals surface area (Å²) in [5.74, 6) is -18.2. The molecule has 12 atom stereocenters. The van der Waals surface area contributed by atoms with Crippen LogP contribution in [-0.4, -0.2) is 269 Å². The van der Waals surface area contributed by atoms with Crippen molar-refractivity contribution in [3.8, 4) is 5.75 Å². The van der Waals surface area contributed by atoms with Crippen molar-refractivity contribution in [3.63, 3.8) is 0 Å². The number of amides is 16. The van der Waals surface area contributed by atoms with Gasteiger partial charge >= 0.3 is 5.97 Å². The van der Waals surface area contributed by atoms with Gasteiger partial charge in [0.05, 0.1) is 26.2 Å². The fourth-order valence-corrected chi connectivity index (χ4v) is 14.7. The topological polar surface area (TPSA) is 768 Å². The van der Waals surface area contributed by atoms with Crippen LogP contribution in [0.4, 0.5) is 0 Å². The number of nitrogens with two attached hydrogens (primary N) is 6. The van der Waals surface area contributed by atoms with Crippen LogP contribution in [0.1, 0.15) is 119 Å². The van der Waals surface area contributed by atoms with E-state index in [9.17, 15) is 72.5 Å². The molecule has 0 saturated carbocycles. The number of para-hydroxylation sites is 2. The Hall–Kier alpha value is -14.1. The summed E-state index contributed by atoms with van der Waals surface area (Å²) >= 11 is 8.53. The Morgan fingerprint density at radius 3 is 1.21 bits per heavy atom. The van der Waals surface area contributed by atoms with Crippen molar-refractivity contribution in [1.29, 1.82) is 10.8 Å². The number of carboxylic acid groups (broad SMARTS) is 1. The zero-order valence-corrected chi connectivity index (χ0v) is 77.1. The molecule has 16 amide bonds. The normalized spacial score (nSPS) is 13.7. The second kappa shape index (κ2) is 58.8. The highest BCUT2D eigenvalue weighted by atomic mass is 32.1. The third-order valence-corrected chi connectivity index (χ3v) is 22.0. The number of hydrogen-bond donors (Lipinski definition) is 30. The molecule has 6 aromatic rings. The Bertz CT molecular complexity index is 5070. The molecular formula is C88H126N26O20S2. The number of nitrogens with one attached hydrogen (secondary N) is 20. The highest BCUT2D eigenvalue weighted by molar-refractivity contribution is 7.80. The molecule has 0 fully saturated rings. The van der Waals surface area contributed by atoms with Crippen LogP contribution in [0.25, 0.3) is 21.8 Å². The van der Waals surface area contributed by atoms with E-state index in [-0.39, 0.29) is 109 Å². The minimum Gasteiger partial charge on any atom is -0.508 e. The number of aliphatic carboxylic acids is 1. The van der Waals surface area contributed by atoms with Crippen molar-refractivity contribution in [2.45, 2.75) is 195 Å². The summed E-state index contributed by atoms with van der Waals surface area (Å²) in [7, 11) is 0. The number of ether oxygens (including phenoxy) is 1. The van der Waals surface area contributed by atoms with Crippen LogP contribution in [-0.2, 0) is 112 Å². The molecule has 0 aliphatic rings. The van der Waals surface area contributed by atoms with Crippen LogP contribution < -0.4 is 119 Å². The Balaban J connectivity index is 1.27. The molecule has 2 aromatic heterocycles. The van der Waals surface area contributed by atoms with Gasteiger partial charge in [0, 0.05) is 111 Å². The monoisotopic (exact) mass is 1930 g/mol. The number of primary amides is 2. The number of aromatic hydroxyl groups is 1. The summed E-state index contributed by atoms with van der Waals surface area (Å²) in [4.78, 5) is 243. The predicted molar refractivity (Wildman–Crippen MR) is 508 cm³/mol. The molecule has 46 nitrogen and oxygen atoms in total. The van der Waals surface area contributed by atoms with Crippen LogP contribution in [0.15, 0.2) is 116 Å². The average Bonchev–Trinajstić information content (AvgIpc) is 1.66. The predicted octanol–water partition coefficient (Wildman–Crippen LogP) is -5.03. The standard InChI is InChI=1S/C88H126N26O20S2/c1-49(115)103-69(47-135)85(132)107-62(24-14-35-99-88(95)96)79(126)113-68(43-74(120)121)84(131)112-67(42-53-45-101-58-20-8-6-18-56(53)58)83(130)108-63(29-30-71(91)117)80(127)114-70(48-136)86(133)110-65(40-51-25-27-54(116)28-26-51)81(128)111-66(41-52-44-100-57-19-7-5-17-55(52)57)82(129)106-61(23-13-34-98-87(93)94)77(124)105-60(22-10-12-33-90)78(125)109-64(39-50-15-3-2-4-16-50)76(123)102-46-73(119)97-36-38-134-37-31-72(118)104-59(75(92)122)21-9-11-32-89/h2-8,15-20,25-28,44-45,59-70,100-101,116,135-136H,9-14,21-24,29-43,46-48,89-90H2,1H3,(H2,91,117)(H2,92,122)(H,97,119)(H,102,123)(H,103,115)(H,104,118)(H,105,124)(H,106,129)(H,107,132)(H,108,130)(H,109,125)(H,110,133)(H,111,128)(H,112,131)(H,113,126)(H,114,127)(H,120,121)(H4,93,94,98)(H4,95,96,99)/t59-,60-,61-,62+,63+,64+,65+,66+,67+,68+,69+,70+/m1/s1. The van der Waals surface area contributed by atoms with Gasteiger partial charge in [-0.3, -0.25) is 92.3 Å². The fraction of sp³-hybridized carbons (Fsp3) is 0.466. The van der Waals surface area contributed by atoms with E-state index >= 15 is 19.2 Å². The fourth-order valence-electron chi connectivity index (χ4n) is 14.2. The SMILES string of the molecule is CC(=O)N[C@@H](CS)C(=O)N[C@@H](CCCNC(=N)N)C(=O)N[C@@H](CC(=O)O)C(=O)N[C@@H](Cc1c[nH]c2ccccc12)C(=O)N[C@@H](CCC(N)=O)C(=O)N[C@@H](CS)C(=O)N[C@@H](Cc1ccc(O)cc1)C(=O)N[C@@H](Cc1c[nH]c2ccccc12)C(=O)N[C@H](CCCNC(=N)N)C(=O)N[C@H](CCCCN)C(=O)N[C@@H](Cc1ccccc1)C(=O)NCC(=O)NCCOCCC(=O)N[C@H](CCCCN)C(N)=O. The molecule has 6 rings (SSSR count). The number of phenolic OH excluding ortho intramolecular Hbond substituents is 1. The lowest BCUT2D eigenvalue weighted by Crippen LogP contribution is -2.61. The van der Waals surface area contributed by atoms with Crippen molar-refractivity contribution < 1.29 is 96.5 Å². The molecule has 0 aliphatic carbocycles. The molecule has 0 spiro atoms. The lowest BCUT2D eigenvalue weighted by atomic mass is 10.0. The minimum absolute atomic E-state index is 0.00581. The number of fused-ring (bicyclic) bond motifs is 2. The number of carbonyl (C=O) groups excluding carboxylic acids is 16. The first-order chi connectivity index (χ1) is 65.0. The molecule has 136 heavy (non-hydrogen) atoms. The van der Waals surface area contributed by atoms with E-state index in [1.54, 1.807) is 85.1 Å². The molecule has 0 aliphatic heterocycles. The molecule has 48 heteroatoms. The lowest BCUT2D eigenvalue weighted by molar-refractivity contribution is -0.141. The van der Waals surface area contributed by atoms with E-state index in [0.29, 0.717) is 76.3 Å². The smallest absolute Gasteiger partial charge is 0.305 e. The van der Waals surface area contributed by atoms with Gasteiger partial charge in [-0.15, -0.1) is 0 Å². The van der Waals surface area contributed by atoms with E-state index in [4.69, 9.17) is 50.0 Å². The number of benzene rings is 4. The number of thiol groups is 2. The first-order valence-electron chi connectivity index (χ1n) is 44.2. The molecule has 2 heterocycles. The minimum atomic E-state index is -2.01. The number of carbonyl (C=O) groups is 17. The Morgan fingerprint density at radius 1 is 0.382 bits per heavy atom. The Morgan fingerprint density at radius 2 is 0.765 bits per heavy atom. The zero-order valence-electron chi connectivity index (χ0n) is 75.3. The van der Waals surface area contributed by atoms with Crippen molar-refractivity contribution in [1.82, 2.24) is 95.0 Å². The molecule has 0 unspecified atom stereocenters. The summed E-state index contributed by atoms with van der Waals surface area (Å²) < 4.78 is 5.50. The zero-order chi connectivity index (χ0) is 99.8. The van der Waals surface area contributed by atoms with Crippen molar-refractivity contribution >= 4 is 159 Å². The molecule has 4 aromatic carbocycles. The maximum absolute atomic E-state index is 15.5. The molecular weight excluding hydrogens is 1810 g/mol. The van der Waals surface area contributed by atoms with E-state index in [0.717, 1.165) is 6.92 Å². The number of carboxylic acids is 1. The highest BCUT2D eigenvalue weighted by Crippen LogP contribution is 2.23. The van der Waals surface area contributed by atoms with Gasteiger partial charge in [0.1, 0.15) is 78.3 Å². The lowest BCUT2D eigenvalue weighted by Gasteiger charge is -2.28. The van der Waals surface area contributed by atoms with Crippen molar-refractivity contribution in [2.24, 2.45) is 34.4 Å². The highest BCUT2D eigenvalue weighted by Gasteiger charge is 2.39. The van der Waals surface area contributed by atoms with Crippen LogP contribution in [0, 0.1) is 10.8 Å². The van der Waals surface area contributed by atoms with Gasteiger partial charge < -0.3 is 144 Å². The van der Waals surface area contributed by atoms with Gasteiger partial charge in [-0.05, 0) is 130 Å². The largest absolute Gasteiger partial charge is 0.508 e. The Kier molecular flexibility index (Phi) is 47.8. The quantitative estimate of drug-likeness (QED) is 0.00736. The summed E-state index contributed by atoms with van der Waals surface area (Å²) in [5.41, 5.74) is 36.5. The van der Waals surface area contributed by atoms with Gasteiger partial charge in [0.15, 0.2) is 11.9 Å². The molecule has 0 radical (unpaired) electrons. The van der Waals surface area contributed by atoms with Crippen molar-refractivity contribution in [2.75, 3.05) is 64.0 Å². The maximum Gasteiger partial charge on any atom is 0.305 e. The second-order valence-corrected chi connectivity index (χ2v) is 32.7. The van der Waals surface area contributed by atoms with Crippen LogP contribution in [0.5, 0.6) is 5.75 Å². The number of unbranched alkanes of at least 4 members (excludes halogenated alkanes) is 2. The first-order valence-corrected chi connectivity index (χ1v) is 45.5. The summed E-state index contributed by atoms with van der Waals surface area (Å²) in [6.07, 6.45) is 1.15. The number of aromatic nitrogens is 2. The number of phenols is 1. The molecule has 740 valence electrons. The third kappa shape index (κ3) is 39.6. The summed E-state index contributed by atoms with van der Waals surface area (Å²) in [6.45, 7) is 0.985. The van der Waals surface area contributed by atoms with E-state index < -0.39 is 229 Å². The third-order valence-electron chi connectivity index (χ3n) is 21.3. The first kappa shape index (κ1) is 111. The Labute approximate surface area is 794 Å².